The van der Waals surface area contributed by atoms with Gasteiger partial charge in [0.25, 0.3) is 5.91 Å². The molecule has 1 aliphatic rings. The molecule has 0 saturated heterocycles. The smallest absolute Gasteiger partial charge is 0.273 e. The summed E-state index contributed by atoms with van der Waals surface area (Å²) in [6.07, 6.45) is 10.1. The monoisotopic (exact) mass is 279 g/mol. The minimum atomic E-state index is -0.216. The van der Waals surface area contributed by atoms with Crippen molar-refractivity contribution < 1.29 is 9.21 Å². The maximum atomic E-state index is 12.1. The van der Waals surface area contributed by atoms with Crippen molar-refractivity contribution in [1.82, 2.24) is 10.3 Å². The molecule has 3 N–H and O–H groups in total. The number of nitrogens with zero attached hydrogens (tertiary/aromatic N) is 1. The van der Waals surface area contributed by atoms with Gasteiger partial charge in [-0.25, -0.2) is 4.98 Å². The molecule has 1 atom stereocenters. The Morgan fingerprint density at radius 1 is 1.50 bits per heavy atom. The van der Waals surface area contributed by atoms with Crippen molar-refractivity contribution in [3.05, 3.63) is 17.8 Å². The summed E-state index contributed by atoms with van der Waals surface area (Å²) in [7, 11) is 0. The van der Waals surface area contributed by atoms with Crippen molar-refractivity contribution in [2.45, 2.75) is 70.4 Å². The molecule has 1 aliphatic carbocycles. The van der Waals surface area contributed by atoms with Gasteiger partial charge in [-0.2, -0.15) is 0 Å². The molecule has 1 fully saturated rings. The third-order valence-electron chi connectivity index (χ3n) is 3.88. The molecule has 1 amide bonds. The van der Waals surface area contributed by atoms with Crippen molar-refractivity contribution in [1.29, 1.82) is 0 Å². The van der Waals surface area contributed by atoms with E-state index in [1.807, 2.05) is 0 Å². The molecule has 1 saturated carbocycles. The van der Waals surface area contributed by atoms with E-state index < -0.39 is 0 Å². The van der Waals surface area contributed by atoms with Crippen LogP contribution >= 0.6 is 0 Å². The maximum absolute atomic E-state index is 12.1. The summed E-state index contributed by atoms with van der Waals surface area (Å²) in [5.74, 6) is 0.321. The van der Waals surface area contributed by atoms with Crippen molar-refractivity contribution in [3.8, 4) is 0 Å². The van der Waals surface area contributed by atoms with Crippen LogP contribution in [-0.4, -0.2) is 16.9 Å². The van der Waals surface area contributed by atoms with Crippen LogP contribution in [0, 0.1) is 0 Å². The van der Waals surface area contributed by atoms with Crippen LogP contribution in [0.2, 0.25) is 0 Å². The molecule has 5 heteroatoms. The number of rotatable bonds is 6. The van der Waals surface area contributed by atoms with Gasteiger partial charge in [0.2, 0.25) is 5.89 Å². The minimum absolute atomic E-state index is 0.144. The molecule has 0 bridgehead atoms. The van der Waals surface area contributed by atoms with Crippen LogP contribution in [0.3, 0.4) is 0 Å². The molecule has 2 rings (SSSR count). The number of hydrogen-bond acceptors (Lipinski definition) is 4. The number of unbranched alkanes of at least 4 members (excludes halogenated alkanes) is 1. The molecule has 0 aromatic carbocycles. The first-order chi connectivity index (χ1) is 9.70. The highest BCUT2D eigenvalue weighted by atomic mass is 16.3. The molecule has 1 heterocycles. The van der Waals surface area contributed by atoms with Crippen LogP contribution in [0.5, 0.6) is 0 Å². The summed E-state index contributed by atoms with van der Waals surface area (Å²) < 4.78 is 5.34. The van der Waals surface area contributed by atoms with Gasteiger partial charge in [0, 0.05) is 6.04 Å². The number of oxazole rings is 1. The third kappa shape index (κ3) is 4.07. The lowest BCUT2D eigenvalue weighted by Crippen LogP contribution is -2.36. The first-order valence-electron chi connectivity index (χ1n) is 7.72. The fraction of sp³-hybridized carbons (Fsp3) is 0.733. The number of nitrogens with one attached hydrogen (secondary N) is 1. The molecule has 0 aliphatic heterocycles. The van der Waals surface area contributed by atoms with Gasteiger partial charge in [-0.3, -0.25) is 4.79 Å². The molecule has 112 valence electrons. The standard InChI is InChI=1S/C15H25N3O2/c1-2-3-9-12(16)15-18-13(10-20-15)14(19)17-11-7-5-4-6-8-11/h10-12H,2-9,16H2,1H3,(H,17,19). The van der Waals surface area contributed by atoms with Crippen molar-refractivity contribution in [2.24, 2.45) is 5.73 Å². The lowest BCUT2D eigenvalue weighted by Gasteiger charge is -2.22. The molecule has 1 aromatic heterocycles. The second-order valence-electron chi connectivity index (χ2n) is 5.63. The molecular formula is C15H25N3O2. The molecule has 1 unspecified atom stereocenters. The summed E-state index contributed by atoms with van der Waals surface area (Å²) in [6, 6.07) is 0.0661. The maximum Gasteiger partial charge on any atom is 0.273 e. The Labute approximate surface area is 120 Å². The molecule has 0 radical (unpaired) electrons. The van der Waals surface area contributed by atoms with Gasteiger partial charge in [0.05, 0.1) is 6.04 Å². The van der Waals surface area contributed by atoms with E-state index in [-0.39, 0.29) is 18.0 Å². The van der Waals surface area contributed by atoms with Crippen LogP contribution in [0.4, 0.5) is 0 Å². The summed E-state index contributed by atoms with van der Waals surface area (Å²) in [5.41, 5.74) is 6.34. The van der Waals surface area contributed by atoms with Gasteiger partial charge < -0.3 is 15.5 Å². The summed E-state index contributed by atoms with van der Waals surface area (Å²) >= 11 is 0. The summed E-state index contributed by atoms with van der Waals surface area (Å²) in [4.78, 5) is 16.3. The second-order valence-corrected chi connectivity index (χ2v) is 5.63. The summed E-state index contributed by atoms with van der Waals surface area (Å²) in [5, 5.41) is 3.03. The molecule has 20 heavy (non-hydrogen) atoms. The fourth-order valence-corrected chi connectivity index (χ4v) is 2.62. The molecule has 1 aromatic rings. The molecule has 0 spiro atoms. The van der Waals surface area contributed by atoms with Crippen LogP contribution in [0.1, 0.15) is 80.7 Å². The topological polar surface area (TPSA) is 81.1 Å². The van der Waals surface area contributed by atoms with Crippen molar-refractivity contribution >= 4 is 5.91 Å². The van der Waals surface area contributed by atoms with E-state index in [0.717, 1.165) is 32.1 Å². The quantitative estimate of drug-likeness (QED) is 0.839. The van der Waals surface area contributed by atoms with E-state index in [1.165, 1.54) is 25.5 Å². The predicted molar refractivity (Wildman–Crippen MR) is 77.3 cm³/mol. The van der Waals surface area contributed by atoms with Gasteiger partial charge >= 0.3 is 0 Å². The Kier molecular flexibility index (Phi) is 5.59. The highest BCUT2D eigenvalue weighted by Gasteiger charge is 2.20. The average Bonchev–Trinajstić information content (AvgIpc) is 2.96. The predicted octanol–water partition coefficient (Wildman–Crippen LogP) is 2.93. The van der Waals surface area contributed by atoms with E-state index >= 15 is 0 Å². The largest absolute Gasteiger partial charge is 0.446 e. The molecular weight excluding hydrogens is 254 g/mol. The second kappa shape index (κ2) is 7.43. The zero-order valence-corrected chi connectivity index (χ0v) is 12.2. The number of amides is 1. The zero-order chi connectivity index (χ0) is 14.4. The van der Waals surface area contributed by atoms with Gasteiger partial charge in [-0.1, -0.05) is 39.0 Å². The number of aromatic nitrogens is 1. The number of hydrogen-bond donors (Lipinski definition) is 2. The Bertz CT molecular complexity index is 425. The van der Waals surface area contributed by atoms with Crippen molar-refractivity contribution in [3.63, 3.8) is 0 Å². The van der Waals surface area contributed by atoms with Gasteiger partial charge in [-0.15, -0.1) is 0 Å². The van der Waals surface area contributed by atoms with Gasteiger partial charge in [0.15, 0.2) is 5.69 Å². The first kappa shape index (κ1) is 15.0. The highest BCUT2D eigenvalue weighted by molar-refractivity contribution is 5.92. The Morgan fingerprint density at radius 3 is 2.95 bits per heavy atom. The Morgan fingerprint density at radius 2 is 2.25 bits per heavy atom. The van der Waals surface area contributed by atoms with E-state index in [2.05, 4.69) is 17.2 Å². The van der Waals surface area contributed by atoms with Gasteiger partial charge in [-0.05, 0) is 19.3 Å². The molecule has 5 nitrogen and oxygen atoms in total. The van der Waals surface area contributed by atoms with E-state index in [0.29, 0.717) is 11.6 Å². The third-order valence-corrected chi connectivity index (χ3v) is 3.88. The van der Waals surface area contributed by atoms with Crippen LogP contribution in [0.15, 0.2) is 10.7 Å². The number of carbonyl (C=O) groups excluding carboxylic acids is 1. The fourth-order valence-electron chi connectivity index (χ4n) is 2.62. The van der Waals surface area contributed by atoms with Gasteiger partial charge in [0.1, 0.15) is 6.26 Å². The van der Waals surface area contributed by atoms with E-state index in [9.17, 15) is 4.79 Å². The van der Waals surface area contributed by atoms with Crippen LogP contribution < -0.4 is 11.1 Å². The number of nitrogens with two attached hydrogens (primary N) is 1. The average molecular weight is 279 g/mol. The Hall–Kier alpha value is -1.36. The normalized spacial score (nSPS) is 17.9. The van der Waals surface area contributed by atoms with E-state index in [1.54, 1.807) is 0 Å². The Balaban J connectivity index is 1.88. The first-order valence-corrected chi connectivity index (χ1v) is 7.72. The number of carbonyl (C=O) groups is 1. The minimum Gasteiger partial charge on any atom is -0.446 e. The van der Waals surface area contributed by atoms with Crippen LogP contribution in [0.25, 0.3) is 0 Å². The van der Waals surface area contributed by atoms with E-state index in [4.69, 9.17) is 10.2 Å². The SMILES string of the molecule is CCCCC(N)c1nc(C(=O)NC2CCCCC2)co1. The lowest BCUT2D eigenvalue weighted by molar-refractivity contribution is 0.0922. The van der Waals surface area contributed by atoms with Crippen molar-refractivity contribution in [2.75, 3.05) is 0 Å². The highest BCUT2D eigenvalue weighted by Crippen LogP contribution is 2.19. The lowest BCUT2D eigenvalue weighted by atomic mass is 9.95. The van der Waals surface area contributed by atoms with Crippen LogP contribution in [-0.2, 0) is 0 Å². The zero-order valence-electron chi connectivity index (χ0n) is 12.2. The summed E-state index contributed by atoms with van der Waals surface area (Å²) in [6.45, 7) is 2.12.